The van der Waals surface area contributed by atoms with E-state index in [2.05, 4.69) is 4.90 Å². The number of nitrogens with zero attached hydrogens (tertiary/aromatic N) is 2. The molecule has 2 fully saturated rings. The summed E-state index contributed by atoms with van der Waals surface area (Å²) in [6, 6.07) is 3.19. The molecule has 1 aliphatic heterocycles. The molecule has 1 aromatic carbocycles. The van der Waals surface area contributed by atoms with E-state index < -0.39 is 51.5 Å². The zero-order chi connectivity index (χ0) is 26.9. The van der Waals surface area contributed by atoms with Crippen molar-refractivity contribution in [2.75, 3.05) is 38.6 Å². The zero-order valence-electron chi connectivity index (χ0n) is 21.1. The SMILES string of the molecule is CN(C)c1ccc(O)c2c1C[C@@]1(CN3CCCCC3)C[C@H]3CC(=O)C(C(N)=O)=C(O)[C@@]3(O)C(=O)C1=C2O. The number of rotatable bonds is 4. The minimum atomic E-state index is -2.58. The van der Waals surface area contributed by atoms with Crippen LogP contribution in [0.3, 0.4) is 0 Å². The number of carbonyl (C=O) groups excluding carboxylic acids is 3. The first-order chi connectivity index (χ1) is 17.4. The molecule has 37 heavy (non-hydrogen) atoms. The molecule has 0 spiro atoms. The molecule has 3 aliphatic carbocycles. The van der Waals surface area contributed by atoms with Crippen LogP contribution >= 0.6 is 0 Å². The Hall–Kier alpha value is -3.37. The number of piperidine rings is 1. The van der Waals surface area contributed by atoms with Crippen molar-refractivity contribution >= 4 is 28.9 Å². The first kappa shape index (κ1) is 25.3. The van der Waals surface area contributed by atoms with Crippen molar-refractivity contribution in [2.24, 2.45) is 17.1 Å². The summed E-state index contributed by atoms with van der Waals surface area (Å²) in [5, 5.41) is 44.9. The number of likely N-dealkylation sites (tertiary alicyclic amines) is 1. The lowest BCUT2D eigenvalue weighted by Gasteiger charge is -2.53. The van der Waals surface area contributed by atoms with E-state index in [4.69, 9.17) is 5.73 Å². The van der Waals surface area contributed by atoms with Gasteiger partial charge in [-0.15, -0.1) is 0 Å². The molecule has 3 atom stereocenters. The number of hydrogen-bond acceptors (Lipinski definition) is 9. The van der Waals surface area contributed by atoms with Crippen molar-refractivity contribution in [1.82, 2.24) is 4.90 Å². The number of aromatic hydroxyl groups is 1. The third-order valence-corrected chi connectivity index (χ3v) is 8.60. The number of phenols is 1. The van der Waals surface area contributed by atoms with E-state index in [0.717, 1.165) is 38.0 Å². The Morgan fingerprint density at radius 1 is 1.14 bits per heavy atom. The Bertz CT molecular complexity index is 1280. The molecule has 4 aliphatic rings. The molecule has 198 valence electrons. The highest BCUT2D eigenvalue weighted by Crippen LogP contribution is 2.58. The summed E-state index contributed by atoms with van der Waals surface area (Å²) in [5.74, 6) is -5.67. The van der Waals surface area contributed by atoms with Crippen LogP contribution in [0.15, 0.2) is 29.0 Å². The van der Waals surface area contributed by atoms with Gasteiger partial charge >= 0.3 is 0 Å². The van der Waals surface area contributed by atoms with Crippen LogP contribution in [-0.4, -0.2) is 82.1 Å². The van der Waals surface area contributed by atoms with Gasteiger partial charge < -0.3 is 36.0 Å². The molecule has 0 unspecified atom stereocenters. The molecular formula is C27H33N3O7. The number of aliphatic hydroxyl groups is 3. The van der Waals surface area contributed by atoms with Crippen LogP contribution in [0.2, 0.25) is 0 Å². The lowest BCUT2D eigenvalue weighted by Crippen LogP contribution is -2.62. The molecule has 1 saturated heterocycles. The van der Waals surface area contributed by atoms with Gasteiger partial charge in [-0.05, 0) is 56.5 Å². The van der Waals surface area contributed by atoms with E-state index in [9.17, 15) is 34.8 Å². The van der Waals surface area contributed by atoms with Gasteiger partial charge in [0, 0.05) is 49.7 Å². The van der Waals surface area contributed by atoms with Gasteiger partial charge in [0.25, 0.3) is 5.91 Å². The van der Waals surface area contributed by atoms with Crippen LogP contribution < -0.4 is 10.6 Å². The second-order valence-electron chi connectivity index (χ2n) is 11.1. The van der Waals surface area contributed by atoms with E-state index in [1.807, 2.05) is 19.0 Å². The van der Waals surface area contributed by atoms with Crippen molar-refractivity contribution < 1.29 is 34.8 Å². The maximum atomic E-state index is 14.2. The molecule has 1 aromatic rings. The third-order valence-electron chi connectivity index (χ3n) is 8.60. The molecule has 10 nitrogen and oxygen atoms in total. The highest BCUT2D eigenvalue weighted by molar-refractivity contribution is 6.23. The number of amides is 1. The lowest BCUT2D eigenvalue weighted by atomic mass is 9.52. The highest BCUT2D eigenvalue weighted by Gasteiger charge is 2.64. The minimum Gasteiger partial charge on any atom is -0.508 e. The van der Waals surface area contributed by atoms with Crippen LogP contribution in [0.25, 0.3) is 5.76 Å². The van der Waals surface area contributed by atoms with Crippen LogP contribution in [0, 0.1) is 11.3 Å². The summed E-state index contributed by atoms with van der Waals surface area (Å²) in [6.07, 6.45) is 3.13. The Balaban J connectivity index is 1.76. The smallest absolute Gasteiger partial charge is 0.255 e. The van der Waals surface area contributed by atoms with Crippen LogP contribution in [0.1, 0.15) is 43.2 Å². The highest BCUT2D eigenvalue weighted by atomic mass is 16.3. The molecule has 10 heteroatoms. The number of primary amides is 1. The Kier molecular flexibility index (Phi) is 5.87. The second kappa shape index (κ2) is 8.59. The maximum absolute atomic E-state index is 14.2. The van der Waals surface area contributed by atoms with Crippen LogP contribution in [0.5, 0.6) is 5.75 Å². The summed E-state index contributed by atoms with van der Waals surface area (Å²) < 4.78 is 0. The van der Waals surface area contributed by atoms with E-state index in [-0.39, 0.29) is 36.1 Å². The molecule has 0 aromatic heterocycles. The number of anilines is 1. The lowest BCUT2D eigenvalue weighted by molar-refractivity contribution is -0.151. The molecule has 1 heterocycles. The van der Waals surface area contributed by atoms with Gasteiger partial charge in [-0.25, -0.2) is 0 Å². The fraction of sp³-hybridized carbons (Fsp3) is 0.519. The summed E-state index contributed by atoms with van der Waals surface area (Å²) in [5.41, 5.74) is 2.38. The average molecular weight is 512 g/mol. The predicted molar refractivity (Wildman–Crippen MR) is 135 cm³/mol. The van der Waals surface area contributed by atoms with E-state index in [0.29, 0.717) is 12.1 Å². The van der Waals surface area contributed by atoms with Gasteiger partial charge in [0.2, 0.25) is 5.78 Å². The quantitative estimate of drug-likeness (QED) is 0.375. The van der Waals surface area contributed by atoms with Gasteiger partial charge in [-0.3, -0.25) is 14.4 Å². The number of aliphatic hydroxyl groups excluding tert-OH is 2. The molecule has 6 N–H and O–H groups in total. The molecule has 0 bridgehead atoms. The van der Waals surface area contributed by atoms with Crippen molar-refractivity contribution in [3.63, 3.8) is 0 Å². The maximum Gasteiger partial charge on any atom is 0.255 e. The number of fused-ring (bicyclic) bond motifs is 3. The fourth-order valence-corrected chi connectivity index (χ4v) is 6.98. The standard InChI is InChI=1S/C27H33N3O7/c1-29(2)16-6-7-17(31)19-15(16)12-26(13-30-8-4-3-5-9-30)11-14-10-18(32)20(25(28)36)23(34)27(14,37)24(35)21(26)22(19)33/h6-7,14,31,33-34,37H,3-5,8-13H2,1-2H3,(H2,28,36)/t14-,26-,27-/m1/s1. The fourth-order valence-electron chi connectivity index (χ4n) is 6.98. The summed E-state index contributed by atoms with van der Waals surface area (Å²) in [4.78, 5) is 43.0. The number of Topliss-reactive ketones (excluding diaryl/α,β-unsaturated/α-hetero) is 2. The summed E-state index contributed by atoms with van der Waals surface area (Å²) in [7, 11) is 3.69. The Morgan fingerprint density at radius 3 is 2.43 bits per heavy atom. The Labute approximate surface area is 214 Å². The molecule has 1 amide bonds. The van der Waals surface area contributed by atoms with Gasteiger partial charge in [-0.2, -0.15) is 0 Å². The van der Waals surface area contributed by atoms with Gasteiger partial charge in [0.15, 0.2) is 11.4 Å². The first-order valence-electron chi connectivity index (χ1n) is 12.6. The minimum absolute atomic E-state index is 0.0970. The third kappa shape index (κ3) is 3.57. The van der Waals surface area contributed by atoms with Crippen LogP contribution in [-0.2, 0) is 20.8 Å². The number of benzene rings is 1. The number of phenolic OH excluding ortho intramolecular Hbond substituents is 1. The Morgan fingerprint density at radius 2 is 1.81 bits per heavy atom. The van der Waals surface area contributed by atoms with Crippen molar-refractivity contribution in [3.8, 4) is 5.75 Å². The monoisotopic (exact) mass is 511 g/mol. The van der Waals surface area contributed by atoms with Crippen molar-refractivity contribution in [1.29, 1.82) is 0 Å². The van der Waals surface area contributed by atoms with E-state index >= 15 is 0 Å². The number of nitrogens with two attached hydrogens (primary N) is 1. The number of hydrogen-bond donors (Lipinski definition) is 5. The van der Waals surface area contributed by atoms with Gasteiger partial charge in [0.05, 0.1) is 5.56 Å². The molecule has 0 radical (unpaired) electrons. The molecule has 5 rings (SSSR count). The van der Waals surface area contributed by atoms with Gasteiger partial charge in [0.1, 0.15) is 22.8 Å². The topological polar surface area (TPSA) is 165 Å². The van der Waals surface area contributed by atoms with Crippen molar-refractivity contribution in [2.45, 2.75) is 44.1 Å². The number of ketones is 2. The second-order valence-corrected chi connectivity index (χ2v) is 11.1. The molecule has 1 saturated carbocycles. The summed E-state index contributed by atoms with van der Waals surface area (Å²) in [6.45, 7) is 2.01. The van der Waals surface area contributed by atoms with Crippen LogP contribution in [0.4, 0.5) is 5.69 Å². The average Bonchev–Trinajstić information content (AvgIpc) is 2.81. The number of carbonyl (C=O) groups is 3. The normalized spacial score (nSPS) is 30.1. The largest absolute Gasteiger partial charge is 0.508 e. The van der Waals surface area contributed by atoms with Gasteiger partial charge in [-0.1, -0.05) is 6.42 Å². The first-order valence-corrected chi connectivity index (χ1v) is 12.6. The predicted octanol–water partition coefficient (Wildman–Crippen LogP) is 1.35. The molecular weight excluding hydrogens is 478 g/mol. The van der Waals surface area contributed by atoms with E-state index in [1.54, 1.807) is 6.07 Å². The summed E-state index contributed by atoms with van der Waals surface area (Å²) >= 11 is 0. The van der Waals surface area contributed by atoms with E-state index in [1.165, 1.54) is 6.07 Å². The zero-order valence-corrected chi connectivity index (χ0v) is 21.1. The van der Waals surface area contributed by atoms with Crippen molar-refractivity contribution in [3.05, 3.63) is 40.2 Å².